The van der Waals surface area contributed by atoms with Crippen LogP contribution in [0.1, 0.15) is 50.5 Å². The summed E-state index contributed by atoms with van der Waals surface area (Å²) in [5, 5.41) is 7.85. The molecule has 30 heavy (non-hydrogen) atoms. The first kappa shape index (κ1) is 23.3. The molecule has 0 spiro atoms. The van der Waals surface area contributed by atoms with Crippen molar-refractivity contribution in [2.45, 2.75) is 57.4 Å². The van der Waals surface area contributed by atoms with Gasteiger partial charge in [-0.25, -0.2) is 0 Å². The van der Waals surface area contributed by atoms with Gasteiger partial charge in [-0.1, -0.05) is 43.0 Å². The summed E-state index contributed by atoms with van der Waals surface area (Å²) in [7, 11) is 1.85. The van der Waals surface area contributed by atoms with Crippen LogP contribution < -0.4 is 16.4 Å². The summed E-state index contributed by atoms with van der Waals surface area (Å²) in [5.74, 6) is 0.763. The van der Waals surface area contributed by atoms with Crippen LogP contribution in [0.25, 0.3) is 0 Å². The Kier molecular flexibility index (Phi) is 8.37. The van der Waals surface area contributed by atoms with Crippen molar-refractivity contribution in [2.75, 3.05) is 26.7 Å². The van der Waals surface area contributed by atoms with Gasteiger partial charge in [-0.15, -0.1) is 0 Å². The van der Waals surface area contributed by atoms with Crippen molar-refractivity contribution in [1.82, 2.24) is 15.5 Å². The summed E-state index contributed by atoms with van der Waals surface area (Å²) in [6, 6.07) is 7.06. The molecule has 1 unspecified atom stereocenters. The van der Waals surface area contributed by atoms with Gasteiger partial charge in [0.1, 0.15) is 0 Å². The summed E-state index contributed by atoms with van der Waals surface area (Å²) in [4.78, 5) is 15.0. The highest BCUT2D eigenvalue weighted by Crippen LogP contribution is 2.45. The molecule has 0 bridgehead atoms. The molecule has 1 saturated carbocycles. The van der Waals surface area contributed by atoms with Crippen LogP contribution in [0.15, 0.2) is 24.3 Å². The fraction of sp³-hybridized carbons (Fsp3) is 0.652. The molecule has 1 saturated heterocycles. The highest BCUT2D eigenvalue weighted by molar-refractivity contribution is 7.80. The van der Waals surface area contributed by atoms with E-state index in [4.69, 9.17) is 29.6 Å². The second-order valence-corrected chi connectivity index (χ2v) is 9.74. The lowest BCUT2D eigenvalue weighted by Gasteiger charge is -2.48. The van der Waals surface area contributed by atoms with Gasteiger partial charge < -0.3 is 21.3 Å². The molecule has 5 nitrogen and oxygen atoms in total. The minimum Gasteiger partial charge on any atom is -0.366 e. The van der Waals surface area contributed by atoms with E-state index in [2.05, 4.69) is 10.6 Å². The maximum absolute atomic E-state index is 13.0. The first-order valence-corrected chi connectivity index (χ1v) is 12.0. The number of carbonyl (C=O) groups excluding carboxylic acids is 1. The van der Waals surface area contributed by atoms with Crippen LogP contribution in [0.5, 0.6) is 0 Å². The van der Waals surface area contributed by atoms with Gasteiger partial charge in [0.15, 0.2) is 5.11 Å². The number of carbonyl (C=O) groups is 1. The van der Waals surface area contributed by atoms with Gasteiger partial charge in [0, 0.05) is 31.7 Å². The average Bonchev–Trinajstić information content (AvgIpc) is 2.79. The van der Waals surface area contributed by atoms with Gasteiger partial charge in [-0.2, -0.15) is 0 Å². The van der Waals surface area contributed by atoms with Gasteiger partial charge in [0.2, 0.25) is 5.91 Å². The maximum atomic E-state index is 13.0. The van der Waals surface area contributed by atoms with E-state index in [1.165, 1.54) is 32.1 Å². The van der Waals surface area contributed by atoms with E-state index in [9.17, 15) is 4.79 Å². The fourth-order valence-corrected chi connectivity index (χ4v) is 5.36. The van der Waals surface area contributed by atoms with E-state index < -0.39 is 6.04 Å². The van der Waals surface area contributed by atoms with E-state index in [1.807, 2.05) is 36.2 Å². The van der Waals surface area contributed by atoms with Crippen molar-refractivity contribution in [3.05, 3.63) is 34.9 Å². The maximum Gasteiger partial charge on any atom is 0.239 e. The van der Waals surface area contributed by atoms with Crippen molar-refractivity contribution in [3.8, 4) is 0 Å². The Morgan fingerprint density at radius 1 is 1.23 bits per heavy atom. The monoisotopic (exact) mass is 450 g/mol. The van der Waals surface area contributed by atoms with E-state index in [-0.39, 0.29) is 11.3 Å². The quantitative estimate of drug-likeness (QED) is 0.578. The number of nitrogens with zero attached hydrogens (tertiary/aromatic N) is 1. The Morgan fingerprint density at radius 2 is 1.87 bits per heavy atom. The van der Waals surface area contributed by atoms with E-state index in [1.54, 1.807) is 0 Å². The number of hydrogen-bond acceptors (Lipinski definition) is 3. The standard InChI is InChI=1S/C23H35ClN4OS/c1-26-22(30)27-16-23(18-5-3-2-4-6-18)11-13-28(14-12-23)21(29)20(25)15-17-7-9-19(24)10-8-17/h7-10,18,20H,2-6,11-16,25H2,1H3,(H2,26,27,30). The molecule has 1 aliphatic heterocycles. The lowest BCUT2D eigenvalue weighted by molar-refractivity contribution is -0.135. The number of likely N-dealkylation sites (tertiary alicyclic amines) is 1. The summed E-state index contributed by atoms with van der Waals surface area (Å²) >= 11 is 11.3. The average molecular weight is 451 g/mol. The van der Waals surface area contributed by atoms with Crippen molar-refractivity contribution < 1.29 is 4.79 Å². The highest BCUT2D eigenvalue weighted by Gasteiger charge is 2.42. The second kappa shape index (κ2) is 10.8. The molecule has 1 heterocycles. The van der Waals surface area contributed by atoms with Crippen LogP contribution in [-0.2, 0) is 11.2 Å². The van der Waals surface area contributed by atoms with Gasteiger partial charge in [0.25, 0.3) is 0 Å². The van der Waals surface area contributed by atoms with Gasteiger partial charge in [0.05, 0.1) is 6.04 Å². The third kappa shape index (κ3) is 5.86. The third-order valence-electron chi connectivity index (χ3n) is 7.06. The highest BCUT2D eigenvalue weighted by atomic mass is 35.5. The van der Waals surface area contributed by atoms with Crippen LogP contribution in [0.4, 0.5) is 0 Å². The predicted molar refractivity (Wildman–Crippen MR) is 128 cm³/mol. The number of nitrogens with one attached hydrogen (secondary N) is 2. The molecule has 1 aliphatic carbocycles. The lowest BCUT2D eigenvalue weighted by Crippen LogP contribution is -2.55. The Hall–Kier alpha value is -1.37. The third-order valence-corrected chi connectivity index (χ3v) is 7.66. The van der Waals surface area contributed by atoms with E-state index in [0.29, 0.717) is 22.5 Å². The number of piperidine rings is 1. The van der Waals surface area contributed by atoms with Gasteiger partial charge in [-0.05, 0) is 73.4 Å². The normalized spacial score (nSPS) is 20.4. The number of benzene rings is 1. The number of thiocarbonyl (C=S) groups is 1. The molecule has 0 aromatic heterocycles. The van der Waals surface area contributed by atoms with E-state index in [0.717, 1.165) is 38.0 Å². The van der Waals surface area contributed by atoms with Crippen LogP contribution in [0.2, 0.25) is 5.02 Å². The Morgan fingerprint density at radius 3 is 2.47 bits per heavy atom. The number of rotatable bonds is 6. The smallest absolute Gasteiger partial charge is 0.239 e. The predicted octanol–water partition coefficient (Wildman–Crippen LogP) is 3.49. The van der Waals surface area contributed by atoms with Crippen molar-refractivity contribution >= 4 is 34.8 Å². The summed E-state index contributed by atoms with van der Waals surface area (Å²) in [6.45, 7) is 2.44. The second-order valence-electron chi connectivity index (χ2n) is 8.89. The van der Waals surface area contributed by atoms with Gasteiger partial charge in [-0.3, -0.25) is 4.79 Å². The molecule has 2 fully saturated rings. The molecule has 1 aromatic rings. The lowest BCUT2D eigenvalue weighted by atomic mass is 9.63. The Labute approximate surface area is 191 Å². The van der Waals surface area contributed by atoms with Crippen molar-refractivity contribution in [2.24, 2.45) is 17.1 Å². The molecule has 1 aromatic carbocycles. The summed E-state index contributed by atoms with van der Waals surface area (Å²) in [6.07, 6.45) is 9.12. The number of hydrogen-bond donors (Lipinski definition) is 3. The zero-order valence-corrected chi connectivity index (χ0v) is 19.5. The van der Waals surface area contributed by atoms with Crippen LogP contribution >= 0.6 is 23.8 Å². The molecule has 0 radical (unpaired) electrons. The molecular formula is C23H35ClN4OS. The number of halogens is 1. The van der Waals surface area contributed by atoms with Crippen molar-refractivity contribution in [1.29, 1.82) is 0 Å². The van der Waals surface area contributed by atoms with Gasteiger partial charge >= 0.3 is 0 Å². The van der Waals surface area contributed by atoms with Crippen molar-refractivity contribution in [3.63, 3.8) is 0 Å². The van der Waals surface area contributed by atoms with E-state index >= 15 is 0 Å². The van der Waals surface area contributed by atoms with Crippen LogP contribution in [0.3, 0.4) is 0 Å². The molecular weight excluding hydrogens is 416 g/mol. The molecule has 4 N–H and O–H groups in total. The van der Waals surface area contributed by atoms with Crippen LogP contribution in [0, 0.1) is 11.3 Å². The molecule has 7 heteroatoms. The summed E-state index contributed by atoms with van der Waals surface area (Å²) < 4.78 is 0. The number of nitrogens with two attached hydrogens (primary N) is 1. The minimum atomic E-state index is -0.511. The largest absolute Gasteiger partial charge is 0.366 e. The molecule has 166 valence electrons. The van der Waals surface area contributed by atoms with Crippen LogP contribution in [-0.4, -0.2) is 48.6 Å². The molecule has 1 amide bonds. The Balaban J connectivity index is 1.60. The first-order chi connectivity index (χ1) is 14.4. The number of amides is 1. The minimum absolute atomic E-state index is 0.0564. The summed E-state index contributed by atoms with van der Waals surface area (Å²) in [5.41, 5.74) is 7.53. The topological polar surface area (TPSA) is 70.4 Å². The molecule has 2 aliphatic rings. The SMILES string of the molecule is CNC(=S)NCC1(C2CCCCC2)CCN(C(=O)C(N)Cc2ccc(Cl)cc2)CC1. The fourth-order valence-electron chi connectivity index (χ4n) is 5.16. The zero-order chi connectivity index (χ0) is 21.6. The molecule has 1 atom stereocenters. The first-order valence-electron chi connectivity index (χ1n) is 11.2. The Bertz CT molecular complexity index is 712. The molecule has 3 rings (SSSR count). The zero-order valence-electron chi connectivity index (χ0n) is 18.0.